The Morgan fingerprint density at radius 3 is 2.39 bits per heavy atom. The second kappa shape index (κ2) is 6.92. The fraction of sp³-hybridized carbons (Fsp3) is 0.200. The molecule has 0 bridgehead atoms. The molecule has 0 unspecified atom stereocenters. The average Bonchev–Trinajstić information content (AvgIpc) is 2.41. The van der Waals surface area contributed by atoms with E-state index in [1.165, 1.54) is 5.56 Å². The van der Waals surface area contributed by atoms with E-state index in [-0.39, 0.29) is 0 Å². The summed E-state index contributed by atoms with van der Waals surface area (Å²) in [4.78, 5) is 4.38. The van der Waals surface area contributed by atoms with E-state index in [4.69, 9.17) is 11.6 Å². The van der Waals surface area contributed by atoms with Gasteiger partial charge in [-0.2, -0.15) is 4.57 Å². The molecule has 1 aromatic heterocycles. The van der Waals surface area contributed by atoms with Crippen LogP contribution in [0.4, 0.5) is 0 Å². The molecule has 0 fully saturated rings. The zero-order valence-corrected chi connectivity index (χ0v) is 10.9. The predicted octanol–water partition coefficient (Wildman–Crippen LogP) is 2.85. The van der Waals surface area contributed by atoms with Gasteiger partial charge in [-0.1, -0.05) is 48.0 Å². The molecule has 1 aromatic carbocycles. The van der Waals surface area contributed by atoms with Crippen molar-refractivity contribution in [2.75, 3.05) is 6.54 Å². The van der Waals surface area contributed by atoms with Crippen LogP contribution in [0.15, 0.2) is 65.9 Å². The highest BCUT2D eigenvalue weighted by Crippen LogP contribution is 2.00. The minimum atomic E-state index is 0.636. The van der Waals surface area contributed by atoms with E-state index in [0.29, 0.717) is 11.7 Å². The van der Waals surface area contributed by atoms with E-state index in [0.717, 1.165) is 13.0 Å². The van der Waals surface area contributed by atoms with Gasteiger partial charge in [0.05, 0.1) is 0 Å². The van der Waals surface area contributed by atoms with Crippen LogP contribution in [-0.2, 0) is 13.0 Å². The van der Waals surface area contributed by atoms with E-state index in [1.807, 2.05) is 53.4 Å². The fourth-order valence-electron chi connectivity index (χ4n) is 1.69. The second-order valence-electron chi connectivity index (χ2n) is 4.04. The average molecular weight is 260 g/mol. The topological polar surface area (TPSA) is 16.2 Å². The van der Waals surface area contributed by atoms with Crippen molar-refractivity contribution in [3.63, 3.8) is 0 Å². The largest absolute Gasteiger partial charge is 0.271 e. The molecule has 0 radical (unpaired) electrons. The van der Waals surface area contributed by atoms with Crippen LogP contribution in [0.2, 0.25) is 0 Å². The number of aliphatic imine (C=N–C) groups is 1. The van der Waals surface area contributed by atoms with Crippen LogP contribution in [0.1, 0.15) is 5.56 Å². The Hall–Kier alpha value is -1.67. The summed E-state index contributed by atoms with van der Waals surface area (Å²) < 4.78 is 2.01. The lowest BCUT2D eigenvalue weighted by Gasteiger charge is -1.98. The van der Waals surface area contributed by atoms with Crippen molar-refractivity contribution >= 4 is 16.8 Å². The molecule has 0 amide bonds. The van der Waals surface area contributed by atoms with Gasteiger partial charge in [0, 0.05) is 18.7 Å². The SMILES string of the molecule is ClC(C[n+]1ccccc1)=NCCc1ccccc1. The molecule has 1 heterocycles. The minimum Gasteiger partial charge on any atom is -0.271 e. The molecule has 0 spiro atoms. The minimum absolute atomic E-state index is 0.636. The quantitative estimate of drug-likeness (QED) is 0.580. The van der Waals surface area contributed by atoms with Crippen molar-refractivity contribution in [3.8, 4) is 0 Å². The van der Waals surface area contributed by atoms with Crippen LogP contribution < -0.4 is 4.57 Å². The van der Waals surface area contributed by atoms with Crippen LogP contribution >= 0.6 is 11.6 Å². The number of halogens is 1. The molecule has 3 heteroatoms. The van der Waals surface area contributed by atoms with Gasteiger partial charge in [0.2, 0.25) is 6.54 Å². The molecule has 0 aliphatic carbocycles. The number of hydrogen-bond donors (Lipinski definition) is 0. The van der Waals surface area contributed by atoms with Gasteiger partial charge in [-0.05, 0) is 12.0 Å². The first-order valence-corrected chi connectivity index (χ1v) is 6.39. The van der Waals surface area contributed by atoms with Crippen LogP contribution in [0, 0.1) is 0 Å². The van der Waals surface area contributed by atoms with Gasteiger partial charge in [-0.15, -0.1) is 0 Å². The van der Waals surface area contributed by atoms with Gasteiger partial charge in [-0.3, -0.25) is 4.99 Å². The number of nitrogens with zero attached hydrogens (tertiary/aromatic N) is 2. The number of pyridine rings is 1. The predicted molar refractivity (Wildman–Crippen MR) is 74.9 cm³/mol. The standard InChI is InChI=1S/C15H16ClN2/c16-15(13-18-11-5-2-6-12-18)17-10-9-14-7-3-1-4-8-14/h1-8,11-12H,9-10,13H2/q+1. The first kappa shape index (κ1) is 12.8. The van der Waals surface area contributed by atoms with E-state index in [1.54, 1.807) is 0 Å². The molecule has 0 N–H and O–H groups in total. The third kappa shape index (κ3) is 4.30. The Labute approximate surface area is 113 Å². The number of aromatic nitrogens is 1. The summed E-state index contributed by atoms with van der Waals surface area (Å²) in [5.74, 6) is 0. The van der Waals surface area contributed by atoms with Crippen LogP contribution in [0.25, 0.3) is 0 Å². The monoisotopic (exact) mass is 259 g/mol. The van der Waals surface area contributed by atoms with Crippen LogP contribution in [-0.4, -0.2) is 11.7 Å². The molecule has 0 atom stereocenters. The number of hydrogen-bond acceptors (Lipinski definition) is 1. The smallest absolute Gasteiger partial charge is 0.200 e. The highest BCUT2D eigenvalue weighted by atomic mass is 35.5. The first-order valence-electron chi connectivity index (χ1n) is 6.01. The summed E-state index contributed by atoms with van der Waals surface area (Å²) in [6.07, 6.45) is 4.89. The molecule has 0 saturated carbocycles. The van der Waals surface area contributed by atoms with Crippen molar-refractivity contribution < 1.29 is 4.57 Å². The number of rotatable bonds is 5. The lowest BCUT2D eigenvalue weighted by molar-refractivity contribution is -0.681. The molecule has 0 aliphatic rings. The van der Waals surface area contributed by atoms with E-state index in [2.05, 4.69) is 17.1 Å². The summed E-state index contributed by atoms with van der Waals surface area (Å²) >= 11 is 6.11. The van der Waals surface area contributed by atoms with Crippen molar-refractivity contribution in [2.24, 2.45) is 4.99 Å². The van der Waals surface area contributed by atoms with Crippen LogP contribution in [0.3, 0.4) is 0 Å². The third-order valence-electron chi connectivity index (χ3n) is 2.62. The zero-order valence-electron chi connectivity index (χ0n) is 10.2. The lowest BCUT2D eigenvalue weighted by atomic mass is 10.2. The highest BCUT2D eigenvalue weighted by molar-refractivity contribution is 6.65. The molecule has 2 rings (SSSR count). The zero-order chi connectivity index (χ0) is 12.6. The Morgan fingerprint density at radius 2 is 1.67 bits per heavy atom. The van der Waals surface area contributed by atoms with Crippen LogP contribution in [0.5, 0.6) is 0 Å². The maximum absolute atomic E-state index is 6.11. The summed E-state index contributed by atoms with van der Waals surface area (Å²) in [5, 5.41) is 0.641. The van der Waals surface area contributed by atoms with Gasteiger partial charge in [0.25, 0.3) is 0 Å². The molecule has 2 aromatic rings. The Kier molecular flexibility index (Phi) is 4.91. The van der Waals surface area contributed by atoms with Gasteiger partial charge in [-0.25, -0.2) is 0 Å². The Morgan fingerprint density at radius 1 is 1.00 bits per heavy atom. The normalized spacial score (nSPS) is 11.5. The van der Waals surface area contributed by atoms with Gasteiger partial charge in [0.15, 0.2) is 17.6 Å². The Balaban J connectivity index is 1.83. The van der Waals surface area contributed by atoms with Crippen molar-refractivity contribution in [2.45, 2.75) is 13.0 Å². The second-order valence-corrected chi connectivity index (χ2v) is 4.48. The fourth-order valence-corrected chi connectivity index (χ4v) is 1.91. The van der Waals surface area contributed by atoms with Crippen molar-refractivity contribution in [1.29, 1.82) is 0 Å². The highest BCUT2D eigenvalue weighted by Gasteiger charge is 2.02. The molecule has 0 aliphatic heterocycles. The van der Waals surface area contributed by atoms with Gasteiger partial charge < -0.3 is 0 Å². The summed E-state index contributed by atoms with van der Waals surface area (Å²) in [6, 6.07) is 16.3. The molecule has 2 nitrogen and oxygen atoms in total. The molecular formula is C15H16ClN2+. The van der Waals surface area contributed by atoms with E-state index >= 15 is 0 Å². The van der Waals surface area contributed by atoms with Crippen molar-refractivity contribution in [1.82, 2.24) is 0 Å². The van der Waals surface area contributed by atoms with Gasteiger partial charge >= 0.3 is 0 Å². The molecule has 0 saturated heterocycles. The lowest BCUT2D eigenvalue weighted by Crippen LogP contribution is -2.35. The number of benzene rings is 1. The Bertz CT molecular complexity index is 494. The summed E-state index contributed by atoms with van der Waals surface area (Å²) in [6.45, 7) is 1.37. The summed E-state index contributed by atoms with van der Waals surface area (Å²) in [7, 11) is 0. The van der Waals surface area contributed by atoms with Crippen molar-refractivity contribution in [3.05, 3.63) is 66.5 Å². The summed E-state index contributed by atoms with van der Waals surface area (Å²) in [5.41, 5.74) is 1.29. The molecule has 18 heavy (non-hydrogen) atoms. The third-order valence-corrected chi connectivity index (χ3v) is 2.86. The molecular weight excluding hydrogens is 244 g/mol. The first-order chi connectivity index (χ1) is 8.84. The van der Waals surface area contributed by atoms with E-state index < -0.39 is 0 Å². The van der Waals surface area contributed by atoms with Gasteiger partial charge in [0.1, 0.15) is 0 Å². The van der Waals surface area contributed by atoms with E-state index in [9.17, 15) is 0 Å². The maximum Gasteiger partial charge on any atom is 0.200 e. The maximum atomic E-state index is 6.11. The molecule has 92 valence electrons.